The summed E-state index contributed by atoms with van der Waals surface area (Å²) in [5.41, 5.74) is 6.89. The van der Waals surface area contributed by atoms with Crippen LogP contribution in [0, 0.1) is 0 Å². The van der Waals surface area contributed by atoms with E-state index in [1.807, 2.05) is 0 Å². The van der Waals surface area contributed by atoms with Crippen LogP contribution in [0.25, 0.3) is 0 Å². The fourth-order valence-corrected chi connectivity index (χ4v) is 7.73. The van der Waals surface area contributed by atoms with Gasteiger partial charge in [-0.1, -0.05) is 153 Å². The fourth-order valence-electron chi connectivity index (χ4n) is 5.88. The first-order chi connectivity index (χ1) is 19.7. The summed E-state index contributed by atoms with van der Waals surface area (Å²) in [6, 6.07) is 9.30. The molecule has 1 N–H and O–H groups in total. The Kier molecular flexibility index (Phi) is 11.2. The lowest BCUT2D eigenvalue weighted by Gasteiger charge is -2.33. The van der Waals surface area contributed by atoms with E-state index in [2.05, 4.69) is 114 Å². The molecule has 0 atom stereocenters. The Morgan fingerprint density at radius 2 is 0.930 bits per heavy atom. The third kappa shape index (κ3) is 9.46. The predicted molar refractivity (Wildman–Crippen MR) is 188 cm³/mol. The second-order valence-corrected chi connectivity index (χ2v) is 19.3. The maximum absolute atomic E-state index is 12.4. The van der Waals surface area contributed by atoms with Gasteiger partial charge in [0.15, 0.2) is 17.7 Å². The molecule has 0 saturated carbocycles. The third-order valence-corrected chi connectivity index (χ3v) is 10.6. The molecule has 3 rings (SSSR count). The number of rotatable bonds is 9. The van der Waals surface area contributed by atoms with Crippen LogP contribution in [0.3, 0.4) is 0 Å². The Morgan fingerprint density at radius 1 is 0.558 bits per heavy atom. The Hall–Kier alpha value is -1.57. The summed E-state index contributed by atoms with van der Waals surface area (Å²) in [4.78, 5) is 12.4. The van der Waals surface area contributed by atoms with Crippen molar-refractivity contribution in [2.75, 3.05) is 6.16 Å². The second-order valence-electron chi connectivity index (χ2n) is 17.2. The molecule has 0 bridgehead atoms. The first kappa shape index (κ1) is 35.9. The van der Waals surface area contributed by atoms with Gasteiger partial charge in [-0.3, -0.25) is 9.05 Å². The van der Waals surface area contributed by atoms with E-state index in [9.17, 15) is 4.89 Å². The molecule has 1 heterocycles. The lowest BCUT2D eigenvalue weighted by Crippen LogP contribution is -2.25. The summed E-state index contributed by atoms with van der Waals surface area (Å²) in [6.07, 6.45) is 10.9. The van der Waals surface area contributed by atoms with Crippen molar-refractivity contribution < 1.29 is 13.9 Å². The largest absolute Gasteiger partial charge is 0.495 e. The van der Waals surface area contributed by atoms with Crippen molar-refractivity contribution >= 4 is 7.94 Å². The molecule has 2 aromatic carbocycles. The molecular formula is C39H64O3P+. The van der Waals surface area contributed by atoms with Crippen LogP contribution in [-0.4, -0.2) is 11.1 Å². The highest BCUT2D eigenvalue weighted by molar-refractivity contribution is 7.61. The molecule has 1 aliphatic heterocycles. The number of hydrogen-bond acceptors (Lipinski definition) is 3. The van der Waals surface area contributed by atoms with Gasteiger partial charge in [-0.15, -0.1) is 0 Å². The molecule has 242 valence electrons. The normalized spacial score (nSPS) is 15.6. The Balaban J connectivity index is 2.19. The first-order valence-electron chi connectivity index (χ1n) is 17.0. The van der Waals surface area contributed by atoms with Crippen LogP contribution < -0.4 is 9.05 Å². The molecule has 0 fully saturated rings. The molecule has 43 heavy (non-hydrogen) atoms. The summed E-state index contributed by atoms with van der Waals surface area (Å²) in [7, 11) is -3.27. The molecular weight excluding hydrogens is 547 g/mol. The molecule has 1 aliphatic rings. The van der Waals surface area contributed by atoms with E-state index in [0.29, 0.717) is 12.6 Å². The molecule has 2 aromatic rings. The lowest BCUT2D eigenvalue weighted by molar-refractivity contribution is 0.329. The van der Waals surface area contributed by atoms with Gasteiger partial charge in [0.1, 0.15) is 0 Å². The average molecular weight is 612 g/mol. The van der Waals surface area contributed by atoms with Crippen molar-refractivity contribution in [3.8, 4) is 11.5 Å². The van der Waals surface area contributed by atoms with Crippen molar-refractivity contribution in [2.24, 2.45) is 0 Å². The van der Waals surface area contributed by atoms with Crippen LogP contribution in [0.4, 0.5) is 0 Å². The monoisotopic (exact) mass is 611 g/mol. The zero-order chi connectivity index (χ0) is 32.4. The Bertz CT molecular complexity index is 1150. The van der Waals surface area contributed by atoms with Crippen molar-refractivity contribution in [3.05, 3.63) is 57.6 Å². The highest BCUT2D eigenvalue weighted by Crippen LogP contribution is 2.62. The highest BCUT2D eigenvalue weighted by atomic mass is 31.2. The van der Waals surface area contributed by atoms with Crippen molar-refractivity contribution in [1.82, 2.24) is 0 Å². The summed E-state index contributed by atoms with van der Waals surface area (Å²) >= 11 is 0. The van der Waals surface area contributed by atoms with Gasteiger partial charge in [-0.05, 0) is 45.6 Å². The molecule has 0 aromatic heterocycles. The van der Waals surface area contributed by atoms with E-state index in [1.54, 1.807) is 0 Å². The topological polar surface area (TPSA) is 38.7 Å². The average Bonchev–Trinajstić information content (AvgIpc) is 2.83. The van der Waals surface area contributed by atoms with Gasteiger partial charge in [0.05, 0.1) is 0 Å². The molecule has 0 amide bonds. The lowest BCUT2D eigenvalue weighted by atomic mass is 9.76. The summed E-state index contributed by atoms with van der Waals surface area (Å²) in [5.74, 6) is 1.67. The second kappa shape index (κ2) is 13.4. The third-order valence-electron chi connectivity index (χ3n) is 8.82. The molecule has 0 saturated heterocycles. The predicted octanol–water partition coefficient (Wildman–Crippen LogP) is 12.1. The molecule has 4 heteroatoms. The van der Waals surface area contributed by atoms with Gasteiger partial charge in [0.25, 0.3) is 0 Å². The molecule has 0 radical (unpaired) electrons. The van der Waals surface area contributed by atoms with Crippen LogP contribution in [0.2, 0.25) is 0 Å². The van der Waals surface area contributed by atoms with E-state index >= 15 is 0 Å². The van der Waals surface area contributed by atoms with E-state index in [0.717, 1.165) is 46.6 Å². The maximum atomic E-state index is 12.4. The quantitative estimate of drug-likeness (QED) is 0.226. The van der Waals surface area contributed by atoms with Gasteiger partial charge >= 0.3 is 7.94 Å². The van der Waals surface area contributed by atoms with Gasteiger partial charge < -0.3 is 0 Å². The van der Waals surface area contributed by atoms with E-state index in [4.69, 9.17) is 9.05 Å². The standard InChI is InChI=1S/C39H64O3P/c1-14-15-16-17-18-19-20-21-22-43(40)41-34-28(24-30(36(2,3)4)26-32(34)38(8,9)10)23-29-25-31(37(5,6)7)27-33(35(29)42-43)39(11,12)13/h24-27,40H,14-23H2,1-13H3/q+1. The molecule has 0 aliphatic carbocycles. The van der Waals surface area contributed by atoms with Crippen molar-refractivity contribution in [2.45, 2.75) is 169 Å². The van der Waals surface area contributed by atoms with Crippen molar-refractivity contribution in [3.63, 3.8) is 0 Å². The van der Waals surface area contributed by atoms with Crippen LogP contribution in [0.15, 0.2) is 24.3 Å². The molecule has 0 spiro atoms. The van der Waals surface area contributed by atoms with Gasteiger partial charge in [0.2, 0.25) is 0 Å². The minimum Gasteiger partial charge on any atom is -0.277 e. The smallest absolute Gasteiger partial charge is 0.277 e. The number of benzene rings is 2. The van der Waals surface area contributed by atoms with E-state index in [1.165, 1.54) is 49.7 Å². The van der Waals surface area contributed by atoms with Crippen LogP contribution >= 0.6 is 7.94 Å². The van der Waals surface area contributed by atoms with Gasteiger partial charge in [-0.2, -0.15) is 4.89 Å². The summed E-state index contributed by atoms with van der Waals surface area (Å²) in [6.45, 7) is 29.4. The number of fused-ring (bicyclic) bond motifs is 2. The highest BCUT2D eigenvalue weighted by Gasteiger charge is 2.48. The van der Waals surface area contributed by atoms with Crippen LogP contribution in [-0.2, 0) is 28.1 Å². The SMILES string of the molecule is CCCCCCCCCC[P+]1(O)Oc2c(cc(C(C)(C)C)cc2C(C)(C)C)Cc2cc(C(C)(C)C)cc(C(C)(C)C)c2O1. The summed E-state index contributed by atoms with van der Waals surface area (Å²) < 4.78 is 13.8. The molecule has 3 nitrogen and oxygen atoms in total. The van der Waals surface area contributed by atoms with Crippen LogP contribution in [0.5, 0.6) is 11.5 Å². The van der Waals surface area contributed by atoms with E-state index in [-0.39, 0.29) is 21.7 Å². The van der Waals surface area contributed by atoms with Gasteiger partial charge in [0, 0.05) is 28.7 Å². The Labute approximate surface area is 266 Å². The fraction of sp³-hybridized carbons (Fsp3) is 0.692. The minimum atomic E-state index is -3.27. The zero-order valence-electron chi connectivity index (χ0n) is 30.1. The first-order valence-corrected chi connectivity index (χ1v) is 18.8. The van der Waals surface area contributed by atoms with Crippen molar-refractivity contribution in [1.29, 1.82) is 0 Å². The Morgan fingerprint density at radius 3 is 1.28 bits per heavy atom. The van der Waals surface area contributed by atoms with E-state index < -0.39 is 7.94 Å². The number of hydrogen-bond donors (Lipinski definition) is 1. The minimum absolute atomic E-state index is 0.0108. The maximum Gasteiger partial charge on any atom is 0.495 e. The summed E-state index contributed by atoms with van der Waals surface area (Å²) in [5, 5.41) is 0. The van der Waals surface area contributed by atoms with Gasteiger partial charge in [-0.25, -0.2) is 0 Å². The van der Waals surface area contributed by atoms with Crippen LogP contribution in [0.1, 0.15) is 175 Å². The zero-order valence-corrected chi connectivity index (χ0v) is 31.0. The number of unbranched alkanes of at least 4 members (excludes halogenated alkanes) is 7. The molecule has 0 unspecified atom stereocenters.